The number of hydrogen-bond acceptors (Lipinski definition) is 8. The molecular formula is C28H33N7O3S. The van der Waals surface area contributed by atoms with Crippen molar-refractivity contribution in [2.24, 2.45) is 0 Å². The van der Waals surface area contributed by atoms with Crippen molar-refractivity contribution in [1.29, 1.82) is 0 Å². The molecule has 2 atom stereocenters. The van der Waals surface area contributed by atoms with Crippen LogP contribution in [0.2, 0.25) is 0 Å². The van der Waals surface area contributed by atoms with Crippen molar-refractivity contribution in [3.63, 3.8) is 0 Å². The van der Waals surface area contributed by atoms with Crippen molar-refractivity contribution in [3.05, 3.63) is 78.1 Å². The first-order valence-electron chi connectivity index (χ1n) is 12.9. The van der Waals surface area contributed by atoms with E-state index >= 15 is 0 Å². The molecule has 4 aromatic rings. The fourth-order valence-corrected chi connectivity index (χ4v) is 6.40. The van der Waals surface area contributed by atoms with E-state index in [-0.39, 0.29) is 17.5 Å². The summed E-state index contributed by atoms with van der Waals surface area (Å²) in [5, 5.41) is 15.9. The van der Waals surface area contributed by atoms with Crippen LogP contribution in [0.1, 0.15) is 35.6 Å². The molecule has 0 radical (unpaired) electrons. The zero-order valence-corrected chi connectivity index (χ0v) is 22.9. The fraction of sp³-hybridized carbons (Fsp3) is 0.321. The fourth-order valence-electron chi connectivity index (χ4n) is 5.06. The number of likely N-dealkylation sites (tertiary alicyclic amines) is 1. The number of nitrogens with one attached hydrogen (secondary N) is 1. The lowest BCUT2D eigenvalue weighted by molar-refractivity contribution is 0.0127. The van der Waals surface area contributed by atoms with Gasteiger partial charge in [-0.05, 0) is 55.5 Å². The van der Waals surface area contributed by atoms with Crippen LogP contribution in [0, 0.1) is 13.8 Å². The number of hydrogen-bond donors (Lipinski definition) is 3. The first kappa shape index (κ1) is 26.9. The van der Waals surface area contributed by atoms with Crippen molar-refractivity contribution >= 4 is 26.9 Å². The van der Waals surface area contributed by atoms with Gasteiger partial charge in [0.2, 0.25) is 10.0 Å². The molecule has 0 amide bonds. The molecule has 11 heteroatoms. The number of piperidine rings is 1. The van der Waals surface area contributed by atoms with Gasteiger partial charge in [0, 0.05) is 25.2 Å². The summed E-state index contributed by atoms with van der Waals surface area (Å²) in [5.74, 6) is 0.338. The van der Waals surface area contributed by atoms with E-state index in [0.717, 1.165) is 36.1 Å². The molecule has 1 fully saturated rings. The molecule has 204 valence electrons. The van der Waals surface area contributed by atoms with Crippen molar-refractivity contribution < 1.29 is 13.5 Å². The molecule has 0 spiro atoms. The second-order valence-electron chi connectivity index (χ2n) is 9.98. The number of benzene rings is 2. The second-order valence-corrected chi connectivity index (χ2v) is 11.7. The summed E-state index contributed by atoms with van der Waals surface area (Å²) in [6.45, 7) is 8.90. The predicted octanol–water partition coefficient (Wildman–Crippen LogP) is 3.31. The van der Waals surface area contributed by atoms with Crippen LogP contribution in [0.5, 0.6) is 0 Å². The number of nitrogen functional groups attached to an aromatic ring is 1. The molecule has 2 aromatic carbocycles. The lowest BCUT2D eigenvalue weighted by atomic mass is 10.1. The maximum Gasteiger partial charge on any atom is 0.241 e. The molecule has 1 aliphatic rings. The standard InChI is InChI=1S/C28H33N7O3S/c1-4-24(36)34-13-5-6-22(16-34)35-28-25(27(29)30-17-31-28)26(33-35)21-11-9-20(10-12-21)15-32-39(37,38)23-14-18(2)7-8-19(23)3/h4,7-12,14,17,22,24,32,36H,1,5-6,13,15-16H2,2-3H3,(H2,29,30,31)/t22-,24?/m1/s1. The lowest BCUT2D eigenvalue weighted by Crippen LogP contribution is -2.42. The molecule has 0 aliphatic carbocycles. The summed E-state index contributed by atoms with van der Waals surface area (Å²) < 4.78 is 30.4. The average Bonchev–Trinajstić information content (AvgIpc) is 3.34. The van der Waals surface area contributed by atoms with E-state index in [9.17, 15) is 13.5 Å². The molecule has 1 saturated heterocycles. The number of nitrogens with two attached hydrogens (primary N) is 1. The molecule has 0 saturated carbocycles. The Kier molecular flexibility index (Phi) is 7.50. The van der Waals surface area contributed by atoms with Gasteiger partial charge in [0.1, 0.15) is 24.1 Å². The first-order chi connectivity index (χ1) is 18.7. The van der Waals surface area contributed by atoms with Crippen molar-refractivity contribution in [2.45, 2.75) is 50.4 Å². The quantitative estimate of drug-likeness (QED) is 0.286. The van der Waals surface area contributed by atoms with E-state index in [1.54, 1.807) is 13.0 Å². The molecule has 39 heavy (non-hydrogen) atoms. The summed E-state index contributed by atoms with van der Waals surface area (Å²) in [4.78, 5) is 10.9. The molecule has 3 heterocycles. The second kappa shape index (κ2) is 10.9. The summed E-state index contributed by atoms with van der Waals surface area (Å²) in [6, 6.07) is 12.9. The van der Waals surface area contributed by atoms with Crippen LogP contribution in [0.25, 0.3) is 22.3 Å². The number of anilines is 1. The number of fused-ring (bicyclic) bond motifs is 1. The van der Waals surface area contributed by atoms with Gasteiger partial charge in [-0.15, -0.1) is 0 Å². The number of rotatable bonds is 8. The molecular weight excluding hydrogens is 514 g/mol. The largest absolute Gasteiger partial charge is 0.383 e. The minimum Gasteiger partial charge on any atom is -0.383 e. The third-order valence-corrected chi connectivity index (χ3v) is 8.75. The molecule has 2 aromatic heterocycles. The van der Waals surface area contributed by atoms with Gasteiger partial charge < -0.3 is 10.8 Å². The number of nitrogens with zero attached hydrogens (tertiary/aromatic N) is 5. The molecule has 4 N–H and O–H groups in total. The zero-order chi connectivity index (χ0) is 27.7. The Morgan fingerprint density at radius 3 is 2.72 bits per heavy atom. The van der Waals surface area contributed by atoms with E-state index < -0.39 is 16.3 Å². The number of aromatic nitrogens is 4. The van der Waals surface area contributed by atoms with Crippen LogP contribution in [0.3, 0.4) is 0 Å². The minimum atomic E-state index is -3.66. The highest BCUT2D eigenvalue weighted by Crippen LogP contribution is 2.34. The monoisotopic (exact) mass is 547 g/mol. The van der Waals surface area contributed by atoms with E-state index in [1.807, 2.05) is 52.9 Å². The van der Waals surface area contributed by atoms with Gasteiger partial charge in [0.05, 0.1) is 16.3 Å². The van der Waals surface area contributed by atoms with Gasteiger partial charge in [-0.3, -0.25) is 4.90 Å². The third kappa shape index (κ3) is 5.44. The van der Waals surface area contributed by atoms with Crippen LogP contribution in [0.15, 0.2) is 66.3 Å². The molecule has 1 aliphatic heterocycles. The van der Waals surface area contributed by atoms with Gasteiger partial charge >= 0.3 is 0 Å². The molecule has 1 unspecified atom stereocenters. The Morgan fingerprint density at radius 2 is 1.97 bits per heavy atom. The summed E-state index contributed by atoms with van der Waals surface area (Å²) in [7, 11) is -3.66. The predicted molar refractivity (Wildman–Crippen MR) is 151 cm³/mol. The summed E-state index contributed by atoms with van der Waals surface area (Å²) in [6.07, 6.45) is 4.04. The number of aryl methyl sites for hydroxylation is 2. The lowest BCUT2D eigenvalue weighted by Gasteiger charge is -2.34. The number of sulfonamides is 1. The number of aliphatic hydroxyl groups excluding tert-OH is 1. The number of aliphatic hydroxyl groups is 1. The third-order valence-electron chi connectivity index (χ3n) is 7.20. The summed E-state index contributed by atoms with van der Waals surface area (Å²) >= 11 is 0. The normalized spacial score (nSPS) is 17.4. The zero-order valence-electron chi connectivity index (χ0n) is 22.1. The van der Waals surface area contributed by atoms with E-state index in [0.29, 0.717) is 34.7 Å². The van der Waals surface area contributed by atoms with Crippen molar-refractivity contribution in [1.82, 2.24) is 29.4 Å². The topological polar surface area (TPSA) is 139 Å². The van der Waals surface area contributed by atoms with Crippen molar-refractivity contribution in [3.8, 4) is 11.3 Å². The van der Waals surface area contributed by atoms with Gasteiger partial charge in [-0.25, -0.2) is 27.8 Å². The first-order valence-corrected chi connectivity index (χ1v) is 14.4. The van der Waals surface area contributed by atoms with Gasteiger partial charge in [0.25, 0.3) is 0 Å². The molecule has 10 nitrogen and oxygen atoms in total. The highest BCUT2D eigenvalue weighted by Gasteiger charge is 2.28. The highest BCUT2D eigenvalue weighted by molar-refractivity contribution is 7.89. The van der Waals surface area contributed by atoms with Gasteiger partial charge in [0.15, 0.2) is 5.65 Å². The van der Waals surface area contributed by atoms with Crippen LogP contribution < -0.4 is 10.5 Å². The SMILES string of the molecule is C=CC(O)N1CCC[C@@H](n2nc(-c3ccc(CNS(=O)(=O)c4cc(C)ccc4C)cc3)c3c(N)ncnc32)C1. The Hall–Kier alpha value is -3.64. The van der Waals surface area contributed by atoms with Crippen molar-refractivity contribution in [2.75, 3.05) is 18.8 Å². The summed E-state index contributed by atoms with van der Waals surface area (Å²) in [5.41, 5.74) is 10.8. The Bertz CT molecular complexity index is 1620. The molecule has 5 rings (SSSR count). The smallest absolute Gasteiger partial charge is 0.241 e. The van der Waals surface area contributed by atoms with Crippen LogP contribution >= 0.6 is 0 Å². The van der Waals surface area contributed by atoms with E-state index in [2.05, 4.69) is 21.3 Å². The van der Waals surface area contributed by atoms with Crippen LogP contribution in [0.4, 0.5) is 5.82 Å². The van der Waals surface area contributed by atoms with Crippen LogP contribution in [-0.4, -0.2) is 57.5 Å². The van der Waals surface area contributed by atoms with Gasteiger partial charge in [-0.2, -0.15) is 5.10 Å². The maximum absolute atomic E-state index is 12.9. The Balaban J connectivity index is 1.41. The molecule has 0 bridgehead atoms. The van der Waals surface area contributed by atoms with E-state index in [4.69, 9.17) is 10.8 Å². The van der Waals surface area contributed by atoms with Crippen LogP contribution in [-0.2, 0) is 16.6 Å². The Labute approximate surface area is 228 Å². The Morgan fingerprint density at radius 1 is 1.21 bits per heavy atom. The van der Waals surface area contributed by atoms with E-state index in [1.165, 1.54) is 12.4 Å². The minimum absolute atomic E-state index is 0.00217. The average molecular weight is 548 g/mol. The maximum atomic E-state index is 12.9. The highest BCUT2D eigenvalue weighted by atomic mass is 32.2. The van der Waals surface area contributed by atoms with Gasteiger partial charge in [-0.1, -0.05) is 43.0 Å².